The predicted octanol–water partition coefficient (Wildman–Crippen LogP) is 7.58. The van der Waals surface area contributed by atoms with Crippen LogP contribution >= 0.6 is 34.5 Å². The Morgan fingerprint density at radius 2 is 1.80 bits per heavy atom. The first kappa shape index (κ1) is 21.1. The monoisotopic (exact) mass is 455 g/mol. The topological polar surface area (TPSA) is 37.8 Å². The number of hydrogen-bond acceptors (Lipinski definition) is 4. The SMILES string of the molecule is CCc1nc(NCCCc2ccc(-c3ccc(Cl)cc3Cl)cc2)c2cc(C)sc2n1. The van der Waals surface area contributed by atoms with Gasteiger partial charge in [0.1, 0.15) is 16.5 Å². The van der Waals surface area contributed by atoms with Crippen LogP contribution in [0.4, 0.5) is 5.82 Å². The minimum Gasteiger partial charge on any atom is -0.369 e. The molecular formula is C24H23Cl2N3S. The van der Waals surface area contributed by atoms with Gasteiger partial charge in [-0.2, -0.15) is 0 Å². The Labute approximate surface area is 191 Å². The predicted molar refractivity (Wildman–Crippen MR) is 130 cm³/mol. The number of thiophene rings is 1. The summed E-state index contributed by atoms with van der Waals surface area (Å²) >= 11 is 14.0. The van der Waals surface area contributed by atoms with Crippen molar-refractivity contribution in [3.63, 3.8) is 0 Å². The van der Waals surface area contributed by atoms with Crippen LogP contribution in [-0.4, -0.2) is 16.5 Å². The maximum absolute atomic E-state index is 6.33. The van der Waals surface area contributed by atoms with Crippen LogP contribution in [0.1, 0.15) is 29.6 Å². The molecule has 6 heteroatoms. The summed E-state index contributed by atoms with van der Waals surface area (Å²) in [5.41, 5.74) is 3.40. The van der Waals surface area contributed by atoms with Crippen molar-refractivity contribution in [1.29, 1.82) is 0 Å². The molecule has 4 rings (SSSR count). The van der Waals surface area contributed by atoms with Gasteiger partial charge in [-0.25, -0.2) is 9.97 Å². The number of benzene rings is 2. The summed E-state index contributed by atoms with van der Waals surface area (Å²) < 4.78 is 0. The second-order valence-corrected chi connectivity index (χ2v) is 9.35. The average molecular weight is 456 g/mol. The van der Waals surface area contributed by atoms with Gasteiger partial charge in [0.05, 0.1) is 5.39 Å². The van der Waals surface area contributed by atoms with Gasteiger partial charge in [0.15, 0.2) is 0 Å². The first-order chi connectivity index (χ1) is 14.5. The van der Waals surface area contributed by atoms with Crippen molar-refractivity contribution >= 4 is 50.6 Å². The van der Waals surface area contributed by atoms with E-state index < -0.39 is 0 Å². The minimum absolute atomic E-state index is 0.650. The van der Waals surface area contributed by atoms with Crippen molar-refractivity contribution < 1.29 is 0 Å². The number of nitrogens with one attached hydrogen (secondary N) is 1. The number of aryl methyl sites for hydroxylation is 3. The lowest BCUT2D eigenvalue weighted by molar-refractivity contribution is 0.855. The number of anilines is 1. The average Bonchev–Trinajstić information content (AvgIpc) is 3.12. The Bertz CT molecular complexity index is 1170. The quantitative estimate of drug-likeness (QED) is 0.291. The molecule has 30 heavy (non-hydrogen) atoms. The van der Waals surface area contributed by atoms with Crippen molar-refractivity contribution in [3.05, 3.63) is 74.8 Å². The number of halogens is 2. The summed E-state index contributed by atoms with van der Waals surface area (Å²) in [5.74, 6) is 1.84. The zero-order valence-corrected chi connectivity index (χ0v) is 19.3. The number of fused-ring (bicyclic) bond motifs is 1. The smallest absolute Gasteiger partial charge is 0.138 e. The van der Waals surface area contributed by atoms with E-state index in [4.69, 9.17) is 28.2 Å². The summed E-state index contributed by atoms with van der Waals surface area (Å²) in [6.07, 6.45) is 2.86. The van der Waals surface area contributed by atoms with E-state index in [0.717, 1.165) is 58.8 Å². The normalized spacial score (nSPS) is 11.2. The lowest BCUT2D eigenvalue weighted by Gasteiger charge is -2.09. The van der Waals surface area contributed by atoms with Crippen LogP contribution in [0.2, 0.25) is 10.0 Å². The van der Waals surface area contributed by atoms with E-state index in [1.807, 2.05) is 12.1 Å². The van der Waals surface area contributed by atoms with E-state index >= 15 is 0 Å². The molecule has 154 valence electrons. The van der Waals surface area contributed by atoms with Crippen LogP contribution in [0, 0.1) is 6.92 Å². The van der Waals surface area contributed by atoms with Crippen LogP contribution in [0.3, 0.4) is 0 Å². The highest BCUT2D eigenvalue weighted by molar-refractivity contribution is 7.18. The highest BCUT2D eigenvalue weighted by Gasteiger charge is 2.10. The van der Waals surface area contributed by atoms with E-state index in [-0.39, 0.29) is 0 Å². The van der Waals surface area contributed by atoms with Gasteiger partial charge in [-0.15, -0.1) is 11.3 Å². The Hall–Kier alpha value is -2.14. The number of nitrogens with zero attached hydrogens (tertiary/aromatic N) is 2. The standard InChI is InChI=1S/C24H23Cl2N3S/c1-3-22-28-23(20-13-15(2)30-24(20)29-22)27-12-4-5-16-6-8-17(9-7-16)19-11-10-18(25)14-21(19)26/h6-11,13-14H,3-5,12H2,1-2H3,(H,27,28,29). The van der Waals surface area contributed by atoms with Crippen molar-refractivity contribution in [1.82, 2.24) is 9.97 Å². The molecule has 3 nitrogen and oxygen atoms in total. The van der Waals surface area contributed by atoms with Crippen LogP contribution in [-0.2, 0) is 12.8 Å². The van der Waals surface area contributed by atoms with Gasteiger partial charge in [-0.3, -0.25) is 0 Å². The fraction of sp³-hybridized carbons (Fsp3) is 0.250. The highest BCUT2D eigenvalue weighted by atomic mass is 35.5. The van der Waals surface area contributed by atoms with E-state index in [2.05, 4.69) is 54.5 Å². The molecule has 4 aromatic rings. The van der Waals surface area contributed by atoms with Gasteiger partial charge >= 0.3 is 0 Å². The van der Waals surface area contributed by atoms with Crippen LogP contribution in [0.15, 0.2) is 48.5 Å². The summed E-state index contributed by atoms with van der Waals surface area (Å²) in [7, 11) is 0. The zero-order valence-electron chi connectivity index (χ0n) is 17.0. The summed E-state index contributed by atoms with van der Waals surface area (Å²) in [6, 6.07) is 16.3. The largest absolute Gasteiger partial charge is 0.369 e. The van der Waals surface area contributed by atoms with Crippen molar-refractivity contribution in [2.24, 2.45) is 0 Å². The first-order valence-electron chi connectivity index (χ1n) is 10.1. The Kier molecular flexibility index (Phi) is 6.57. The van der Waals surface area contributed by atoms with Crippen LogP contribution < -0.4 is 5.32 Å². The molecule has 0 fully saturated rings. The van der Waals surface area contributed by atoms with E-state index in [9.17, 15) is 0 Å². The molecule has 0 radical (unpaired) electrons. The number of hydrogen-bond donors (Lipinski definition) is 1. The van der Waals surface area contributed by atoms with Crippen molar-refractivity contribution in [2.45, 2.75) is 33.1 Å². The maximum Gasteiger partial charge on any atom is 0.138 e. The molecule has 1 N–H and O–H groups in total. The molecule has 0 aliphatic carbocycles. The molecule has 0 amide bonds. The molecule has 2 heterocycles. The molecule has 0 spiro atoms. The molecule has 0 unspecified atom stereocenters. The van der Waals surface area contributed by atoms with Gasteiger partial charge in [-0.1, -0.05) is 60.5 Å². The first-order valence-corrected chi connectivity index (χ1v) is 11.7. The van der Waals surface area contributed by atoms with E-state index in [0.29, 0.717) is 10.0 Å². The third-order valence-corrected chi connectivity index (χ3v) is 6.50. The van der Waals surface area contributed by atoms with Crippen molar-refractivity contribution in [2.75, 3.05) is 11.9 Å². The second kappa shape index (κ2) is 9.34. The van der Waals surface area contributed by atoms with Gasteiger partial charge < -0.3 is 5.32 Å². The van der Waals surface area contributed by atoms with Gasteiger partial charge in [0, 0.05) is 33.5 Å². The molecule has 0 saturated carbocycles. The van der Waals surface area contributed by atoms with E-state index in [1.54, 1.807) is 17.4 Å². The Balaban J connectivity index is 1.38. The van der Waals surface area contributed by atoms with Gasteiger partial charge in [0.2, 0.25) is 0 Å². The highest BCUT2D eigenvalue weighted by Crippen LogP contribution is 2.31. The van der Waals surface area contributed by atoms with Crippen molar-refractivity contribution in [3.8, 4) is 11.1 Å². The molecule has 0 bridgehead atoms. The summed E-state index contributed by atoms with van der Waals surface area (Å²) in [4.78, 5) is 11.7. The number of aromatic nitrogens is 2. The van der Waals surface area contributed by atoms with Gasteiger partial charge in [-0.05, 0) is 49.1 Å². The zero-order chi connectivity index (χ0) is 21.1. The maximum atomic E-state index is 6.33. The lowest BCUT2D eigenvalue weighted by atomic mass is 10.0. The minimum atomic E-state index is 0.650. The summed E-state index contributed by atoms with van der Waals surface area (Å²) in [5, 5.41) is 5.97. The van der Waals surface area contributed by atoms with Crippen LogP contribution in [0.5, 0.6) is 0 Å². The fourth-order valence-electron chi connectivity index (χ4n) is 3.45. The third-order valence-electron chi connectivity index (χ3n) is 5.01. The molecule has 2 aromatic heterocycles. The summed E-state index contributed by atoms with van der Waals surface area (Å²) in [6.45, 7) is 5.07. The molecule has 2 aromatic carbocycles. The number of rotatable bonds is 7. The fourth-order valence-corrected chi connectivity index (χ4v) is 4.87. The second-order valence-electron chi connectivity index (χ2n) is 7.27. The molecule has 0 aliphatic heterocycles. The Morgan fingerprint density at radius 3 is 2.53 bits per heavy atom. The van der Waals surface area contributed by atoms with Gasteiger partial charge in [0.25, 0.3) is 0 Å². The molecular weight excluding hydrogens is 433 g/mol. The molecule has 0 atom stereocenters. The molecule has 0 aliphatic rings. The van der Waals surface area contributed by atoms with E-state index in [1.165, 1.54) is 10.4 Å². The molecule has 0 saturated heterocycles. The Morgan fingerprint density at radius 1 is 1.00 bits per heavy atom. The van der Waals surface area contributed by atoms with Crippen LogP contribution in [0.25, 0.3) is 21.3 Å². The lowest BCUT2D eigenvalue weighted by Crippen LogP contribution is -2.07. The third kappa shape index (κ3) is 4.77.